The number of piperidine rings is 1. The normalized spacial score (nSPS) is 23.4. The van der Waals surface area contributed by atoms with Gasteiger partial charge in [-0.15, -0.1) is 0 Å². The van der Waals surface area contributed by atoms with Crippen LogP contribution in [0.1, 0.15) is 43.5 Å². The zero-order valence-electron chi connectivity index (χ0n) is 17.2. The van der Waals surface area contributed by atoms with Gasteiger partial charge in [-0.2, -0.15) is 0 Å². The third-order valence-corrected chi connectivity index (χ3v) is 7.83. The van der Waals surface area contributed by atoms with Gasteiger partial charge in [-0.3, -0.25) is 14.5 Å². The van der Waals surface area contributed by atoms with Crippen LogP contribution in [0.5, 0.6) is 0 Å². The smallest absolute Gasteiger partial charge is 0.251 e. The van der Waals surface area contributed by atoms with Gasteiger partial charge in [-0.05, 0) is 45.2 Å². The van der Waals surface area contributed by atoms with Gasteiger partial charge in [0.15, 0.2) is 9.84 Å². The van der Waals surface area contributed by atoms with Gasteiger partial charge in [0.05, 0.1) is 17.5 Å². The molecule has 2 saturated heterocycles. The van der Waals surface area contributed by atoms with Crippen LogP contribution >= 0.6 is 0 Å². The van der Waals surface area contributed by atoms with Crippen LogP contribution in [0.3, 0.4) is 0 Å². The van der Waals surface area contributed by atoms with Crippen LogP contribution in [0.15, 0.2) is 30.3 Å². The summed E-state index contributed by atoms with van der Waals surface area (Å²) in [5.41, 5.74) is 0.656. The predicted octanol–water partition coefficient (Wildman–Crippen LogP) is 1.30. The van der Waals surface area contributed by atoms with E-state index in [0.717, 1.165) is 25.9 Å². The Morgan fingerprint density at radius 3 is 2.38 bits per heavy atom. The Bertz CT molecular complexity index is 820. The lowest BCUT2D eigenvalue weighted by molar-refractivity contribution is -0.138. The van der Waals surface area contributed by atoms with Crippen molar-refractivity contribution in [3.05, 3.63) is 35.9 Å². The molecule has 2 amide bonds. The molecule has 160 valence electrons. The van der Waals surface area contributed by atoms with Gasteiger partial charge < -0.3 is 10.2 Å². The standard InChI is InChI=1S/C21H31N3O4S/c1-3-24(19-11-14-29(27,28)15-19)21(26)16(2)23-12-9-18(10-13-23)22-20(25)17-7-5-4-6-8-17/h4-8,16,18-19H,3,9-15H2,1-2H3,(H,22,25)/t16-,19-/m0/s1. The van der Waals surface area contributed by atoms with Gasteiger partial charge in [0.2, 0.25) is 5.91 Å². The Hall–Kier alpha value is -1.93. The minimum Gasteiger partial charge on any atom is -0.349 e. The van der Waals surface area contributed by atoms with E-state index in [0.29, 0.717) is 18.5 Å². The average Bonchev–Trinajstić information content (AvgIpc) is 3.08. The molecule has 0 bridgehead atoms. The molecule has 29 heavy (non-hydrogen) atoms. The lowest BCUT2D eigenvalue weighted by atomic mass is 10.0. The van der Waals surface area contributed by atoms with Crippen molar-refractivity contribution >= 4 is 21.7 Å². The monoisotopic (exact) mass is 421 g/mol. The van der Waals surface area contributed by atoms with E-state index in [2.05, 4.69) is 10.2 Å². The summed E-state index contributed by atoms with van der Waals surface area (Å²) in [6.07, 6.45) is 2.11. The van der Waals surface area contributed by atoms with Crippen molar-refractivity contribution in [3.63, 3.8) is 0 Å². The first-order valence-corrected chi connectivity index (χ1v) is 12.2. The molecule has 2 atom stereocenters. The second-order valence-electron chi connectivity index (χ2n) is 8.01. The van der Waals surface area contributed by atoms with Gasteiger partial charge in [-0.25, -0.2) is 8.42 Å². The number of rotatable bonds is 6. The molecule has 1 aromatic carbocycles. The number of carbonyl (C=O) groups is 2. The summed E-state index contributed by atoms with van der Waals surface area (Å²) in [6, 6.07) is 8.78. The van der Waals surface area contributed by atoms with E-state index in [4.69, 9.17) is 0 Å². The van der Waals surface area contributed by atoms with Gasteiger partial charge >= 0.3 is 0 Å². The summed E-state index contributed by atoms with van der Waals surface area (Å²) in [5.74, 6) is 0.184. The van der Waals surface area contributed by atoms with Crippen molar-refractivity contribution in [2.24, 2.45) is 0 Å². The highest BCUT2D eigenvalue weighted by Gasteiger charge is 2.37. The number of nitrogens with one attached hydrogen (secondary N) is 1. The molecule has 0 radical (unpaired) electrons. The Labute approximate surface area is 173 Å². The number of hydrogen-bond acceptors (Lipinski definition) is 5. The molecule has 2 fully saturated rings. The largest absolute Gasteiger partial charge is 0.349 e. The van der Waals surface area contributed by atoms with Crippen LogP contribution in [0, 0.1) is 0 Å². The third-order valence-electron chi connectivity index (χ3n) is 6.08. The van der Waals surface area contributed by atoms with E-state index in [9.17, 15) is 18.0 Å². The number of carbonyl (C=O) groups excluding carboxylic acids is 2. The number of likely N-dealkylation sites (N-methyl/N-ethyl adjacent to an activating group) is 1. The molecule has 1 aromatic rings. The lowest BCUT2D eigenvalue weighted by Gasteiger charge is -2.38. The molecular weight excluding hydrogens is 390 g/mol. The van der Waals surface area contributed by atoms with E-state index in [1.807, 2.05) is 32.0 Å². The summed E-state index contributed by atoms with van der Waals surface area (Å²) in [6.45, 7) is 5.78. The third kappa shape index (κ3) is 5.36. The molecule has 2 heterocycles. The van der Waals surface area contributed by atoms with Crippen LogP contribution in [0.25, 0.3) is 0 Å². The molecule has 7 nitrogen and oxygen atoms in total. The zero-order chi connectivity index (χ0) is 21.0. The van der Waals surface area contributed by atoms with Crippen LogP contribution in [-0.4, -0.2) is 79.3 Å². The molecule has 0 aliphatic carbocycles. The van der Waals surface area contributed by atoms with Gasteiger partial charge in [0.25, 0.3) is 5.91 Å². The number of amides is 2. The predicted molar refractivity (Wildman–Crippen MR) is 112 cm³/mol. The fourth-order valence-electron chi connectivity index (χ4n) is 4.30. The Balaban J connectivity index is 1.52. The molecule has 0 saturated carbocycles. The van der Waals surface area contributed by atoms with Gasteiger partial charge in [0, 0.05) is 37.3 Å². The van der Waals surface area contributed by atoms with Crippen LogP contribution in [0.4, 0.5) is 0 Å². The van der Waals surface area contributed by atoms with Crippen molar-refractivity contribution in [2.75, 3.05) is 31.1 Å². The minimum absolute atomic E-state index is 0.00127. The maximum Gasteiger partial charge on any atom is 0.251 e. The fourth-order valence-corrected chi connectivity index (χ4v) is 6.03. The number of sulfone groups is 1. The lowest BCUT2D eigenvalue weighted by Crippen LogP contribution is -2.54. The molecule has 2 aliphatic heterocycles. The molecule has 0 aromatic heterocycles. The molecule has 0 unspecified atom stereocenters. The first-order valence-electron chi connectivity index (χ1n) is 10.4. The molecular formula is C21H31N3O4S. The highest BCUT2D eigenvalue weighted by atomic mass is 32.2. The molecule has 1 N–H and O–H groups in total. The van der Waals surface area contributed by atoms with E-state index in [1.165, 1.54) is 0 Å². The van der Waals surface area contributed by atoms with E-state index in [1.54, 1.807) is 17.0 Å². The van der Waals surface area contributed by atoms with E-state index >= 15 is 0 Å². The number of likely N-dealkylation sites (tertiary alicyclic amines) is 1. The quantitative estimate of drug-likeness (QED) is 0.748. The summed E-state index contributed by atoms with van der Waals surface area (Å²) in [7, 11) is -3.02. The number of hydrogen-bond donors (Lipinski definition) is 1. The van der Waals surface area contributed by atoms with Crippen molar-refractivity contribution in [2.45, 2.75) is 51.2 Å². The fraction of sp³-hybridized carbons (Fsp3) is 0.619. The minimum atomic E-state index is -3.02. The Morgan fingerprint density at radius 1 is 1.17 bits per heavy atom. The van der Waals surface area contributed by atoms with Crippen molar-refractivity contribution in [3.8, 4) is 0 Å². The maximum atomic E-state index is 13.0. The topological polar surface area (TPSA) is 86.8 Å². The highest BCUT2D eigenvalue weighted by Crippen LogP contribution is 2.21. The molecule has 8 heteroatoms. The summed E-state index contributed by atoms with van der Waals surface area (Å²) in [4.78, 5) is 29.2. The Morgan fingerprint density at radius 2 is 1.83 bits per heavy atom. The van der Waals surface area contributed by atoms with Crippen LogP contribution < -0.4 is 5.32 Å². The molecule has 0 spiro atoms. The summed E-state index contributed by atoms with van der Waals surface area (Å²) < 4.78 is 23.6. The Kier molecular flexibility index (Phi) is 6.95. The zero-order valence-corrected chi connectivity index (χ0v) is 18.0. The average molecular weight is 422 g/mol. The first kappa shape index (κ1) is 21.8. The highest BCUT2D eigenvalue weighted by molar-refractivity contribution is 7.91. The van der Waals surface area contributed by atoms with Gasteiger partial charge in [0.1, 0.15) is 0 Å². The van der Waals surface area contributed by atoms with E-state index < -0.39 is 9.84 Å². The first-order chi connectivity index (χ1) is 13.8. The molecule has 2 aliphatic rings. The van der Waals surface area contributed by atoms with Crippen molar-refractivity contribution in [1.29, 1.82) is 0 Å². The van der Waals surface area contributed by atoms with E-state index in [-0.39, 0.29) is 41.4 Å². The second kappa shape index (κ2) is 9.26. The maximum absolute atomic E-state index is 13.0. The summed E-state index contributed by atoms with van der Waals surface area (Å²) in [5, 5.41) is 3.08. The molecule has 3 rings (SSSR count). The van der Waals surface area contributed by atoms with Crippen LogP contribution in [-0.2, 0) is 14.6 Å². The number of nitrogens with zero attached hydrogens (tertiary/aromatic N) is 2. The van der Waals surface area contributed by atoms with Crippen molar-refractivity contribution < 1.29 is 18.0 Å². The number of benzene rings is 1. The van der Waals surface area contributed by atoms with Crippen LogP contribution in [0.2, 0.25) is 0 Å². The summed E-state index contributed by atoms with van der Waals surface area (Å²) >= 11 is 0. The van der Waals surface area contributed by atoms with Crippen molar-refractivity contribution in [1.82, 2.24) is 15.1 Å². The second-order valence-corrected chi connectivity index (χ2v) is 10.2. The van der Waals surface area contributed by atoms with Gasteiger partial charge in [-0.1, -0.05) is 18.2 Å². The SMILES string of the molecule is CCN(C(=O)[C@H](C)N1CCC(NC(=O)c2ccccc2)CC1)[C@H]1CCS(=O)(=O)C1.